The summed E-state index contributed by atoms with van der Waals surface area (Å²) in [7, 11) is 3.68. The first-order chi connectivity index (χ1) is 9.63. The third-order valence-corrected chi connectivity index (χ3v) is 4.52. The molecule has 2 rings (SSSR count). The minimum Gasteiger partial charge on any atom is -0.496 e. The molecule has 1 heterocycles. The molecule has 1 N–H and O–H groups in total. The summed E-state index contributed by atoms with van der Waals surface area (Å²) in [5, 5.41) is 7.58. The molecular weight excluding hydrogens is 270 g/mol. The van der Waals surface area contributed by atoms with Crippen LogP contribution in [0.25, 0.3) is 0 Å². The largest absolute Gasteiger partial charge is 0.496 e. The van der Waals surface area contributed by atoms with E-state index in [2.05, 4.69) is 47.8 Å². The fourth-order valence-corrected chi connectivity index (χ4v) is 3.29. The van der Waals surface area contributed by atoms with Crippen LogP contribution in [0.3, 0.4) is 0 Å². The Hall–Kier alpha value is -1.46. The van der Waals surface area contributed by atoms with E-state index >= 15 is 0 Å². The minimum atomic E-state index is 0.0687. The lowest BCUT2D eigenvalue weighted by Gasteiger charge is -2.21. The van der Waals surface area contributed by atoms with E-state index in [0.717, 1.165) is 28.3 Å². The third kappa shape index (κ3) is 2.55. The lowest BCUT2D eigenvalue weighted by molar-refractivity contribution is 0.402. The fraction of sp³-hybridized carbons (Fsp3) is 0.467. The van der Waals surface area contributed by atoms with E-state index in [1.807, 2.05) is 7.05 Å². The second-order valence-electron chi connectivity index (χ2n) is 4.79. The van der Waals surface area contributed by atoms with Gasteiger partial charge >= 0.3 is 0 Å². The zero-order valence-corrected chi connectivity index (χ0v) is 13.5. The van der Waals surface area contributed by atoms with E-state index in [1.165, 1.54) is 22.7 Å². The molecule has 1 atom stereocenters. The predicted octanol–water partition coefficient (Wildman–Crippen LogP) is 3.03. The third-order valence-electron chi connectivity index (χ3n) is 3.69. The number of methoxy groups -OCH3 is 1. The van der Waals surface area contributed by atoms with Gasteiger partial charge in [-0.2, -0.15) is 0 Å². The Balaban J connectivity index is 2.55. The van der Waals surface area contributed by atoms with Crippen LogP contribution in [0.4, 0.5) is 0 Å². The summed E-state index contributed by atoms with van der Waals surface area (Å²) in [5.74, 6) is 0.944. The number of aromatic nitrogens is 2. The van der Waals surface area contributed by atoms with Crippen LogP contribution in [0, 0.1) is 13.8 Å². The molecule has 0 aliphatic heterocycles. The van der Waals surface area contributed by atoms with E-state index in [1.54, 1.807) is 7.11 Å². The molecule has 0 amide bonds. The van der Waals surface area contributed by atoms with Gasteiger partial charge in [-0.05, 0) is 50.0 Å². The second kappa shape index (κ2) is 6.33. The average Bonchev–Trinajstić information content (AvgIpc) is 2.92. The first kappa shape index (κ1) is 14.9. The number of rotatable bonds is 5. The molecule has 0 aliphatic carbocycles. The molecule has 20 heavy (non-hydrogen) atoms. The molecule has 1 aromatic heterocycles. The molecule has 5 heteroatoms. The van der Waals surface area contributed by atoms with Crippen molar-refractivity contribution in [1.29, 1.82) is 0 Å². The van der Waals surface area contributed by atoms with Crippen LogP contribution in [0.15, 0.2) is 12.1 Å². The number of aryl methyl sites for hydroxylation is 2. The maximum absolute atomic E-state index is 5.64. The van der Waals surface area contributed by atoms with Crippen LogP contribution < -0.4 is 10.1 Å². The number of nitrogens with one attached hydrogen (secondary N) is 1. The Morgan fingerprint density at radius 2 is 2.10 bits per heavy atom. The van der Waals surface area contributed by atoms with Crippen molar-refractivity contribution < 1.29 is 4.74 Å². The number of benzene rings is 1. The highest BCUT2D eigenvalue weighted by Gasteiger charge is 2.23. The predicted molar refractivity (Wildman–Crippen MR) is 82.7 cm³/mol. The van der Waals surface area contributed by atoms with Crippen LogP contribution in [0.5, 0.6) is 5.75 Å². The van der Waals surface area contributed by atoms with Gasteiger partial charge in [-0.25, -0.2) is 0 Å². The number of ether oxygens (including phenoxy) is 1. The Bertz CT molecular complexity index is 595. The maximum atomic E-state index is 5.64. The van der Waals surface area contributed by atoms with Gasteiger partial charge in [-0.1, -0.05) is 23.5 Å². The summed E-state index contributed by atoms with van der Waals surface area (Å²) in [6.07, 6.45) is 0.886. The summed E-state index contributed by atoms with van der Waals surface area (Å²) < 4.78 is 9.73. The van der Waals surface area contributed by atoms with Crippen molar-refractivity contribution in [2.24, 2.45) is 0 Å². The molecule has 1 aromatic carbocycles. The van der Waals surface area contributed by atoms with Crippen molar-refractivity contribution in [3.05, 3.63) is 39.4 Å². The Morgan fingerprint density at radius 3 is 2.70 bits per heavy atom. The van der Waals surface area contributed by atoms with Gasteiger partial charge in [-0.15, -0.1) is 5.10 Å². The fourth-order valence-electron chi connectivity index (χ4n) is 2.42. The molecule has 4 nitrogen and oxygen atoms in total. The lowest BCUT2D eigenvalue weighted by atomic mass is 9.97. The molecule has 0 radical (unpaired) electrons. The van der Waals surface area contributed by atoms with Gasteiger partial charge in [0, 0.05) is 5.56 Å². The van der Waals surface area contributed by atoms with E-state index in [9.17, 15) is 0 Å². The van der Waals surface area contributed by atoms with Crippen LogP contribution >= 0.6 is 11.5 Å². The highest BCUT2D eigenvalue weighted by molar-refractivity contribution is 7.05. The standard InChI is InChI=1S/C15H21N3OS/c1-6-12-15(20-18-17-12)13(16-4)11-8-7-9(2)10(3)14(11)19-5/h7-8,13,16H,6H2,1-5H3. The van der Waals surface area contributed by atoms with Crippen molar-refractivity contribution >= 4 is 11.5 Å². The Kier molecular flexibility index (Phi) is 4.73. The van der Waals surface area contributed by atoms with Crippen LogP contribution in [-0.4, -0.2) is 23.7 Å². The molecule has 108 valence electrons. The average molecular weight is 291 g/mol. The highest BCUT2D eigenvalue weighted by Crippen LogP contribution is 2.36. The quantitative estimate of drug-likeness (QED) is 0.920. The van der Waals surface area contributed by atoms with Crippen LogP contribution in [0.2, 0.25) is 0 Å². The molecule has 0 fully saturated rings. The summed E-state index contributed by atoms with van der Waals surface area (Å²) in [6.45, 7) is 6.29. The molecule has 0 spiro atoms. The summed E-state index contributed by atoms with van der Waals surface area (Å²) in [6, 6.07) is 4.33. The van der Waals surface area contributed by atoms with E-state index < -0.39 is 0 Å². The van der Waals surface area contributed by atoms with Gasteiger partial charge in [0.05, 0.1) is 23.7 Å². The van der Waals surface area contributed by atoms with Crippen molar-refractivity contribution in [3.63, 3.8) is 0 Å². The lowest BCUT2D eigenvalue weighted by Crippen LogP contribution is -2.19. The molecule has 0 bridgehead atoms. The molecular formula is C15H21N3OS. The van der Waals surface area contributed by atoms with Crippen LogP contribution in [-0.2, 0) is 6.42 Å². The number of hydrogen-bond donors (Lipinski definition) is 1. The summed E-state index contributed by atoms with van der Waals surface area (Å²) in [5.41, 5.74) is 4.60. The van der Waals surface area contributed by atoms with Crippen LogP contribution in [0.1, 0.15) is 40.2 Å². The first-order valence-corrected chi connectivity index (χ1v) is 7.53. The summed E-state index contributed by atoms with van der Waals surface area (Å²) >= 11 is 1.45. The van der Waals surface area contributed by atoms with Gasteiger partial charge in [0.2, 0.25) is 0 Å². The highest BCUT2D eigenvalue weighted by atomic mass is 32.1. The molecule has 0 saturated heterocycles. The number of hydrogen-bond acceptors (Lipinski definition) is 5. The molecule has 1 unspecified atom stereocenters. The number of nitrogens with zero attached hydrogens (tertiary/aromatic N) is 2. The van der Waals surface area contributed by atoms with Crippen molar-refractivity contribution in [3.8, 4) is 5.75 Å². The molecule has 0 saturated carbocycles. The van der Waals surface area contributed by atoms with Crippen molar-refractivity contribution in [1.82, 2.24) is 14.9 Å². The van der Waals surface area contributed by atoms with E-state index in [0.29, 0.717) is 0 Å². The zero-order chi connectivity index (χ0) is 14.7. The molecule has 0 aliphatic rings. The van der Waals surface area contributed by atoms with Gasteiger partial charge in [0.1, 0.15) is 5.75 Å². The van der Waals surface area contributed by atoms with Crippen molar-refractivity contribution in [2.45, 2.75) is 33.2 Å². The monoisotopic (exact) mass is 291 g/mol. The van der Waals surface area contributed by atoms with Gasteiger partial charge in [0.15, 0.2) is 0 Å². The normalized spacial score (nSPS) is 12.4. The Morgan fingerprint density at radius 1 is 1.35 bits per heavy atom. The summed E-state index contributed by atoms with van der Waals surface area (Å²) in [4.78, 5) is 1.16. The molecule has 2 aromatic rings. The SMILES string of the molecule is CCc1nnsc1C(NC)c1ccc(C)c(C)c1OC. The maximum Gasteiger partial charge on any atom is 0.127 e. The second-order valence-corrected chi connectivity index (χ2v) is 5.57. The topological polar surface area (TPSA) is 47.0 Å². The Labute approximate surface area is 124 Å². The van der Waals surface area contributed by atoms with E-state index in [4.69, 9.17) is 4.74 Å². The van der Waals surface area contributed by atoms with Crippen molar-refractivity contribution in [2.75, 3.05) is 14.2 Å². The van der Waals surface area contributed by atoms with E-state index in [-0.39, 0.29) is 6.04 Å². The van der Waals surface area contributed by atoms with Gasteiger partial charge < -0.3 is 10.1 Å². The zero-order valence-electron chi connectivity index (χ0n) is 12.7. The van der Waals surface area contributed by atoms with Gasteiger partial charge in [-0.3, -0.25) is 0 Å². The smallest absolute Gasteiger partial charge is 0.127 e. The van der Waals surface area contributed by atoms with Gasteiger partial charge in [0.25, 0.3) is 0 Å². The minimum absolute atomic E-state index is 0.0687. The first-order valence-electron chi connectivity index (χ1n) is 6.76.